The van der Waals surface area contributed by atoms with Crippen LogP contribution < -0.4 is 5.43 Å². The van der Waals surface area contributed by atoms with Crippen LogP contribution in [0.15, 0.2) is 33.5 Å². The molecule has 0 N–H and O–H groups in total. The van der Waals surface area contributed by atoms with Gasteiger partial charge in [-0.2, -0.15) is 0 Å². The monoisotopic (exact) mass is 300 g/mol. The van der Waals surface area contributed by atoms with Crippen LogP contribution in [0, 0.1) is 0 Å². The molecule has 2 aromatic rings. The molecule has 0 fully saturated rings. The standard InChI is InChI=1S/C20H28O2/c1-4-5-6-7-8-9-10-18-13-17-12-11-16(15(2)3)14-19(21)20(17)22-18/h11-15H,4-10H2,1-3H3. The van der Waals surface area contributed by atoms with Crippen molar-refractivity contribution < 1.29 is 4.42 Å². The summed E-state index contributed by atoms with van der Waals surface area (Å²) in [6.45, 7) is 6.43. The molecule has 0 amide bonds. The van der Waals surface area contributed by atoms with Crippen LogP contribution in [0.1, 0.15) is 76.5 Å². The molecular formula is C20H28O2. The topological polar surface area (TPSA) is 30.2 Å². The first kappa shape index (κ1) is 16.8. The second kappa shape index (κ2) is 8.17. The second-order valence-electron chi connectivity index (χ2n) is 6.51. The van der Waals surface area contributed by atoms with Gasteiger partial charge in [-0.1, -0.05) is 65.0 Å². The van der Waals surface area contributed by atoms with E-state index in [0.29, 0.717) is 11.5 Å². The van der Waals surface area contributed by atoms with E-state index in [1.807, 2.05) is 18.2 Å². The first-order valence-electron chi connectivity index (χ1n) is 8.68. The molecule has 22 heavy (non-hydrogen) atoms. The van der Waals surface area contributed by atoms with E-state index in [9.17, 15) is 4.79 Å². The molecule has 1 aromatic carbocycles. The van der Waals surface area contributed by atoms with Crippen molar-refractivity contribution >= 4 is 11.0 Å². The first-order chi connectivity index (χ1) is 10.6. The Balaban J connectivity index is 2.04. The molecule has 0 aliphatic carbocycles. The molecule has 2 heteroatoms. The Kier molecular flexibility index (Phi) is 6.23. The maximum Gasteiger partial charge on any atom is 0.221 e. The van der Waals surface area contributed by atoms with Gasteiger partial charge in [-0.3, -0.25) is 4.79 Å². The molecule has 2 rings (SSSR count). The lowest BCUT2D eigenvalue weighted by atomic mass is 10.1. The summed E-state index contributed by atoms with van der Waals surface area (Å²) in [6, 6.07) is 7.80. The van der Waals surface area contributed by atoms with E-state index in [2.05, 4.69) is 20.8 Å². The van der Waals surface area contributed by atoms with Gasteiger partial charge in [-0.05, 0) is 30.0 Å². The SMILES string of the molecule is CCCCCCCCc1cc2ccc(C(C)C)cc(=O)c2o1. The molecule has 0 radical (unpaired) electrons. The van der Waals surface area contributed by atoms with Crippen LogP contribution in [0.4, 0.5) is 0 Å². The number of hydrogen-bond donors (Lipinski definition) is 0. The normalized spacial score (nSPS) is 11.5. The quantitative estimate of drug-likeness (QED) is 0.575. The third kappa shape index (κ3) is 4.46. The van der Waals surface area contributed by atoms with Crippen LogP contribution in [-0.2, 0) is 6.42 Å². The summed E-state index contributed by atoms with van der Waals surface area (Å²) in [7, 11) is 0. The van der Waals surface area contributed by atoms with Gasteiger partial charge in [0.15, 0.2) is 5.58 Å². The lowest BCUT2D eigenvalue weighted by Crippen LogP contribution is -1.96. The van der Waals surface area contributed by atoms with Gasteiger partial charge in [-0.25, -0.2) is 0 Å². The Bertz CT molecular complexity index is 652. The van der Waals surface area contributed by atoms with Crippen molar-refractivity contribution in [3.8, 4) is 0 Å². The Morgan fingerprint density at radius 2 is 1.73 bits per heavy atom. The average Bonchev–Trinajstić information content (AvgIpc) is 2.83. The van der Waals surface area contributed by atoms with Crippen molar-refractivity contribution in [3.05, 3.63) is 45.8 Å². The molecule has 1 heterocycles. The molecule has 0 saturated heterocycles. The molecule has 120 valence electrons. The zero-order chi connectivity index (χ0) is 15.9. The number of hydrogen-bond acceptors (Lipinski definition) is 2. The molecule has 0 unspecified atom stereocenters. The Morgan fingerprint density at radius 1 is 1.00 bits per heavy atom. The largest absolute Gasteiger partial charge is 0.457 e. The third-order valence-electron chi connectivity index (χ3n) is 4.23. The molecular weight excluding hydrogens is 272 g/mol. The number of fused-ring (bicyclic) bond motifs is 1. The van der Waals surface area contributed by atoms with Crippen molar-refractivity contribution in [1.82, 2.24) is 0 Å². The number of unbranched alkanes of at least 4 members (excludes halogenated alkanes) is 5. The van der Waals surface area contributed by atoms with Crippen LogP contribution >= 0.6 is 0 Å². The average molecular weight is 300 g/mol. The van der Waals surface area contributed by atoms with Gasteiger partial charge in [0.2, 0.25) is 5.43 Å². The Labute approximate surface area is 133 Å². The highest BCUT2D eigenvalue weighted by Gasteiger charge is 2.08. The van der Waals surface area contributed by atoms with Gasteiger partial charge < -0.3 is 4.42 Å². The summed E-state index contributed by atoms with van der Waals surface area (Å²) in [5, 5.41) is 0.929. The zero-order valence-corrected chi connectivity index (χ0v) is 14.2. The molecule has 2 nitrogen and oxygen atoms in total. The minimum absolute atomic E-state index is 0.00195. The molecule has 0 spiro atoms. The molecule has 1 aromatic heterocycles. The van der Waals surface area contributed by atoms with E-state index in [1.165, 1.54) is 32.1 Å². The summed E-state index contributed by atoms with van der Waals surface area (Å²) >= 11 is 0. The summed E-state index contributed by atoms with van der Waals surface area (Å²) in [6.07, 6.45) is 8.56. The van der Waals surface area contributed by atoms with Gasteiger partial charge in [0.05, 0.1) is 0 Å². The van der Waals surface area contributed by atoms with E-state index in [1.54, 1.807) is 6.07 Å². The fraction of sp³-hybridized carbons (Fsp3) is 0.550. The van der Waals surface area contributed by atoms with Crippen LogP contribution in [-0.4, -0.2) is 0 Å². The lowest BCUT2D eigenvalue weighted by Gasteiger charge is -1.99. The smallest absolute Gasteiger partial charge is 0.221 e. The van der Waals surface area contributed by atoms with E-state index < -0.39 is 0 Å². The first-order valence-corrected chi connectivity index (χ1v) is 8.68. The van der Waals surface area contributed by atoms with Gasteiger partial charge >= 0.3 is 0 Å². The van der Waals surface area contributed by atoms with Crippen molar-refractivity contribution in [2.24, 2.45) is 0 Å². The second-order valence-corrected chi connectivity index (χ2v) is 6.51. The maximum atomic E-state index is 12.3. The van der Waals surface area contributed by atoms with Gasteiger partial charge in [0.1, 0.15) is 5.76 Å². The number of aryl methyl sites for hydroxylation is 1. The maximum absolute atomic E-state index is 12.3. The molecule has 0 atom stereocenters. The fourth-order valence-electron chi connectivity index (χ4n) is 2.79. The highest BCUT2D eigenvalue weighted by molar-refractivity contribution is 5.77. The molecule has 0 bridgehead atoms. The molecule has 0 aliphatic rings. The zero-order valence-electron chi connectivity index (χ0n) is 14.2. The molecule has 0 aliphatic heterocycles. The highest BCUT2D eigenvalue weighted by Crippen LogP contribution is 2.20. The fourth-order valence-corrected chi connectivity index (χ4v) is 2.79. The minimum atomic E-state index is -0.00195. The van der Waals surface area contributed by atoms with Gasteiger partial charge in [-0.15, -0.1) is 0 Å². The minimum Gasteiger partial charge on any atom is -0.457 e. The van der Waals surface area contributed by atoms with E-state index in [-0.39, 0.29) is 5.43 Å². The van der Waals surface area contributed by atoms with E-state index in [0.717, 1.165) is 29.6 Å². The Hall–Kier alpha value is -1.57. The number of rotatable bonds is 8. The van der Waals surface area contributed by atoms with Crippen molar-refractivity contribution in [2.75, 3.05) is 0 Å². The number of furan rings is 1. The van der Waals surface area contributed by atoms with Crippen molar-refractivity contribution in [3.63, 3.8) is 0 Å². The van der Waals surface area contributed by atoms with Gasteiger partial charge in [0.25, 0.3) is 0 Å². The van der Waals surface area contributed by atoms with Crippen LogP contribution in [0.25, 0.3) is 11.0 Å². The van der Waals surface area contributed by atoms with Crippen molar-refractivity contribution in [1.29, 1.82) is 0 Å². The third-order valence-corrected chi connectivity index (χ3v) is 4.23. The summed E-state index contributed by atoms with van der Waals surface area (Å²) in [5.41, 5.74) is 1.57. The van der Waals surface area contributed by atoms with Gasteiger partial charge in [0, 0.05) is 11.8 Å². The lowest BCUT2D eigenvalue weighted by molar-refractivity contribution is 0.520. The summed E-state index contributed by atoms with van der Waals surface area (Å²) in [5.74, 6) is 1.30. The predicted molar refractivity (Wildman–Crippen MR) is 93.7 cm³/mol. The van der Waals surface area contributed by atoms with Crippen LogP contribution in [0.2, 0.25) is 0 Å². The predicted octanol–water partition coefficient (Wildman–Crippen LogP) is 5.82. The molecule has 0 saturated carbocycles. The van der Waals surface area contributed by atoms with E-state index in [4.69, 9.17) is 4.42 Å². The summed E-state index contributed by atoms with van der Waals surface area (Å²) < 4.78 is 5.81. The summed E-state index contributed by atoms with van der Waals surface area (Å²) in [4.78, 5) is 12.3. The van der Waals surface area contributed by atoms with Crippen LogP contribution in [0.5, 0.6) is 0 Å². The Morgan fingerprint density at radius 3 is 2.45 bits per heavy atom. The van der Waals surface area contributed by atoms with Crippen molar-refractivity contribution in [2.45, 2.75) is 71.6 Å². The van der Waals surface area contributed by atoms with E-state index >= 15 is 0 Å². The highest BCUT2D eigenvalue weighted by atomic mass is 16.3. The van der Waals surface area contributed by atoms with Crippen LogP contribution in [0.3, 0.4) is 0 Å².